The molecule has 4 nitrogen and oxygen atoms in total. The lowest BCUT2D eigenvalue weighted by molar-refractivity contribution is -0.138. The van der Waals surface area contributed by atoms with Crippen molar-refractivity contribution in [3.63, 3.8) is 0 Å². The molecule has 0 aliphatic carbocycles. The van der Waals surface area contributed by atoms with Crippen LogP contribution in [0.15, 0.2) is 18.2 Å². The fourth-order valence-electron chi connectivity index (χ4n) is 1.67. The van der Waals surface area contributed by atoms with E-state index in [0.29, 0.717) is 0 Å². The maximum absolute atomic E-state index is 12.9. The summed E-state index contributed by atoms with van der Waals surface area (Å²) in [6.07, 6.45) is -4.92. The summed E-state index contributed by atoms with van der Waals surface area (Å²) < 4.78 is 43.4. The zero-order chi connectivity index (χ0) is 14.6. The quantitative estimate of drug-likeness (QED) is 0.867. The lowest BCUT2D eigenvalue weighted by atomic mass is 9.97. The normalized spacial score (nSPS) is 13.1. The molecule has 0 saturated carbocycles. The number of benzene rings is 1. The number of nitrogens with two attached hydrogens (primary N) is 1. The molecule has 106 valence electrons. The summed E-state index contributed by atoms with van der Waals surface area (Å²) >= 11 is 0. The van der Waals surface area contributed by atoms with Crippen molar-refractivity contribution in [3.8, 4) is 5.75 Å². The number of halogens is 3. The van der Waals surface area contributed by atoms with Gasteiger partial charge in [0.1, 0.15) is 5.75 Å². The number of methoxy groups -OCH3 is 1. The van der Waals surface area contributed by atoms with Crippen LogP contribution in [-0.2, 0) is 11.0 Å². The summed E-state index contributed by atoms with van der Waals surface area (Å²) in [7, 11) is 1.26. The molecule has 1 atom stereocenters. The van der Waals surface area contributed by atoms with Crippen molar-refractivity contribution in [3.05, 3.63) is 29.3 Å². The van der Waals surface area contributed by atoms with Crippen LogP contribution < -0.4 is 10.5 Å². The number of carboxylic acid groups (broad SMARTS) is 1. The molecule has 0 bridgehead atoms. The van der Waals surface area contributed by atoms with Crippen LogP contribution in [0.3, 0.4) is 0 Å². The summed E-state index contributed by atoms with van der Waals surface area (Å²) in [5.74, 6) is -1.03. The van der Waals surface area contributed by atoms with E-state index in [0.717, 1.165) is 6.07 Å². The second-order valence-corrected chi connectivity index (χ2v) is 3.99. The Morgan fingerprint density at radius 3 is 2.58 bits per heavy atom. The molecule has 0 fully saturated rings. The summed E-state index contributed by atoms with van der Waals surface area (Å²) in [6, 6.07) is 2.45. The molecule has 0 radical (unpaired) electrons. The highest BCUT2D eigenvalue weighted by Crippen LogP contribution is 2.37. The number of ether oxygens (including phenoxy) is 1. The number of aliphatic carboxylic acids is 1. The molecule has 1 rings (SSSR count). The maximum atomic E-state index is 12.9. The highest BCUT2D eigenvalue weighted by Gasteiger charge is 2.35. The molecule has 1 aromatic carbocycles. The van der Waals surface area contributed by atoms with E-state index >= 15 is 0 Å². The van der Waals surface area contributed by atoms with Gasteiger partial charge >= 0.3 is 12.1 Å². The van der Waals surface area contributed by atoms with E-state index in [-0.39, 0.29) is 24.2 Å². The molecule has 0 aromatic heterocycles. The van der Waals surface area contributed by atoms with E-state index in [4.69, 9.17) is 15.6 Å². The molecular formula is C12H14F3NO3. The van der Waals surface area contributed by atoms with Gasteiger partial charge in [-0.1, -0.05) is 6.07 Å². The molecule has 0 heterocycles. The number of rotatable bonds is 5. The van der Waals surface area contributed by atoms with Crippen LogP contribution in [0.25, 0.3) is 0 Å². The van der Waals surface area contributed by atoms with Crippen molar-refractivity contribution in [2.75, 3.05) is 7.11 Å². The Kier molecular flexibility index (Phi) is 4.77. The molecule has 0 saturated heterocycles. The smallest absolute Gasteiger partial charge is 0.416 e. The van der Waals surface area contributed by atoms with E-state index in [9.17, 15) is 18.0 Å². The molecule has 0 amide bonds. The summed E-state index contributed by atoms with van der Waals surface area (Å²) in [5, 5.41) is 8.52. The average molecular weight is 277 g/mol. The van der Waals surface area contributed by atoms with Crippen molar-refractivity contribution in [1.29, 1.82) is 0 Å². The second-order valence-electron chi connectivity index (χ2n) is 3.99. The third-order valence-electron chi connectivity index (χ3n) is 2.63. The minimum Gasteiger partial charge on any atom is -0.497 e. The Balaban J connectivity index is 3.08. The predicted octanol–water partition coefficient (Wildman–Crippen LogP) is 2.58. The van der Waals surface area contributed by atoms with Crippen molar-refractivity contribution < 1.29 is 27.8 Å². The summed E-state index contributed by atoms with van der Waals surface area (Å²) in [4.78, 5) is 10.4. The average Bonchev–Trinajstić information content (AvgIpc) is 2.34. The fourth-order valence-corrected chi connectivity index (χ4v) is 1.67. The Hall–Kier alpha value is -1.76. The number of hydrogen-bond donors (Lipinski definition) is 2. The van der Waals surface area contributed by atoms with Gasteiger partial charge in [0.2, 0.25) is 0 Å². The van der Waals surface area contributed by atoms with Crippen molar-refractivity contribution in [2.45, 2.75) is 25.1 Å². The van der Waals surface area contributed by atoms with Crippen LogP contribution in [0.4, 0.5) is 13.2 Å². The second kappa shape index (κ2) is 5.92. The van der Waals surface area contributed by atoms with Crippen molar-refractivity contribution in [1.82, 2.24) is 0 Å². The number of carbonyl (C=O) groups is 1. The Morgan fingerprint density at radius 2 is 2.11 bits per heavy atom. The first-order chi connectivity index (χ1) is 8.75. The van der Waals surface area contributed by atoms with Crippen LogP contribution in [0, 0.1) is 0 Å². The van der Waals surface area contributed by atoms with E-state index in [1.165, 1.54) is 19.2 Å². The van der Waals surface area contributed by atoms with E-state index in [1.54, 1.807) is 0 Å². The van der Waals surface area contributed by atoms with Crippen LogP contribution >= 0.6 is 0 Å². The molecule has 1 aromatic rings. The number of alkyl halides is 3. The monoisotopic (exact) mass is 277 g/mol. The first kappa shape index (κ1) is 15.3. The van der Waals surface area contributed by atoms with E-state index < -0.39 is 23.8 Å². The molecule has 7 heteroatoms. The highest BCUT2D eigenvalue weighted by atomic mass is 19.4. The minimum atomic E-state index is -4.56. The van der Waals surface area contributed by atoms with Crippen LogP contribution in [0.5, 0.6) is 5.75 Å². The number of hydrogen-bond acceptors (Lipinski definition) is 3. The van der Waals surface area contributed by atoms with E-state index in [1.807, 2.05) is 0 Å². The van der Waals surface area contributed by atoms with Gasteiger partial charge in [-0.05, 0) is 24.1 Å². The molecule has 3 N–H and O–H groups in total. The molecule has 19 heavy (non-hydrogen) atoms. The highest BCUT2D eigenvalue weighted by molar-refractivity contribution is 5.66. The van der Waals surface area contributed by atoms with Crippen LogP contribution in [-0.4, -0.2) is 18.2 Å². The van der Waals surface area contributed by atoms with Gasteiger partial charge < -0.3 is 15.6 Å². The fraction of sp³-hybridized carbons (Fsp3) is 0.417. The molecule has 0 spiro atoms. The molecule has 1 unspecified atom stereocenters. The van der Waals surface area contributed by atoms with Crippen molar-refractivity contribution in [2.24, 2.45) is 5.73 Å². The Bertz CT molecular complexity index is 460. The first-order valence-corrected chi connectivity index (χ1v) is 5.48. The lowest BCUT2D eigenvalue weighted by Crippen LogP contribution is -2.18. The minimum absolute atomic E-state index is 0.0647. The van der Waals surface area contributed by atoms with Gasteiger partial charge in [0.15, 0.2) is 0 Å². The van der Waals surface area contributed by atoms with Crippen molar-refractivity contribution >= 4 is 5.97 Å². The van der Waals surface area contributed by atoms with E-state index in [2.05, 4.69) is 0 Å². The zero-order valence-electron chi connectivity index (χ0n) is 10.2. The largest absolute Gasteiger partial charge is 0.497 e. The standard InChI is InChI=1S/C12H14F3NO3/c1-19-7-2-3-8(9(6-7)12(13,14)15)10(16)4-5-11(17)18/h2-3,6,10H,4-5,16H2,1H3,(H,17,18). The van der Waals surface area contributed by atoms with Gasteiger partial charge in [-0.25, -0.2) is 0 Å². The van der Waals surface area contributed by atoms with Gasteiger partial charge in [0, 0.05) is 12.5 Å². The SMILES string of the molecule is COc1ccc(C(N)CCC(=O)O)c(C(F)(F)F)c1. The zero-order valence-corrected chi connectivity index (χ0v) is 10.2. The van der Waals surface area contributed by atoms with Gasteiger partial charge in [-0.15, -0.1) is 0 Å². The van der Waals surface area contributed by atoms with Gasteiger partial charge in [0.25, 0.3) is 0 Å². The van der Waals surface area contributed by atoms with Gasteiger partial charge in [-0.2, -0.15) is 13.2 Å². The van der Waals surface area contributed by atoms with Gasteiger partial charge in [0.05, 0.1) is 12.7 Å². The lowest BCUT2D eigenvalue weighted by Gasteiger charge is -2.18. The Morgan fingerprint density at radius 1 is 1.47 bits per heavy atom. The summed E-state index contributed by atoms with van der Waals surface area (Å²) in [5.41, 5.74) is 4.60. The molecule has 0 aliphatic rings. The summed E-state index contributed by atoms with van der Waals surface area (Å²) in [6.45, 7) is 0. The molecular weight excluding hydrogens is 263 g/mol. The topological polar surface area (TPSA) is 72.5 Å². The van der Waals surface area contributed by atoms with Gasteiger partial charge in [-0.3, -0.25) is 4.79 Å². The third kappa shape index (κ3) is 4.13. The van der Waals surface area contributed by atoms with Crippen LogP contribution in [0.1, 0.15) is 30.0 Å². The number of carboxylic acids is 1. The first-order valence-electron chi connectivity index (χ1n) is 5.48. The molecule has 0 aliphatic heterocycles. The Labute approximate surface area is 108 Å². The third-order valence-corrected chi connectivity index (χ3v) is 2.63. The maximum Gasteiger partial charge on any atom is 0.416 e. The predicted molar refractivity (Wildman–Crippen MR) is 61.8 cm³/mol. The van der Waals surface area contributed by atoms with Crippen LogP contribution in [0.2, 0.25) is 0 Å².